The molecule has 0 radical (unpaired) electrons. The fourth-order valence-electron chi connectivity index (χ4n) is 3.42. The van der Waals surface area contributed by atoms with Crippen molar-refractivity contribution in [3.8, 4) is 5.06 Å². The third kappa shape index (κ3) is 4.01. The van der Waals surface area contributed by atoms with Gasteiger partial charge in [-0.1, -0.05) is 29.6 Å². The number of fused-ring (bicyclic) bond motifs is 1. The zero-order chi connectivity index (χ0) is 21.1. The van der Waals surface area contributed by atoms with Crippen LogP contribution in [0.25, 0.3) is 0 Å². The molecular weight excluding hydrogens is 416 g/mol. The summed E-state index contributed by atoms with van der Waals surface area (Å²) in [5.74, 6) is 0.636. The lowest BCUT2D eigenvalue weighted by atomic mass is 9.89. The molecule has 8 heteroatoms. The summed E-state index contributed by atoms with van der Waals surface area (Å²) in [7, 11) is 0. The van der Waals surface area contributed by atoms with Crippen molar-refractivity contribution in [1.82, 2.24) is 15.6 Å². The number of ether oxygens (including phenoxy) is 1. The molecule has 30 heavy (non-hydrogen) atoms. The maximum atomic E-state index is 13.0. The van der Waals surface area contributed by atoms with Crippen molar-refractivity contribution >= 4 is 34.3 Å². The van der Waals surface area contributed by atoms with Crippen LogP contribution < -0.4 is 21.1 Å². The highest BCUT2D eigenvalue weighted by atomic mass is 32.1. The van der Waals surface area contributed by atoms with Crippen LogP contribution in [0.2, 0.25) is 0 Å². The second kappa shape index (κ2) is 8.81. The van der Waals surface area contributed by atoms with Gasteiger partial charge < -0.3 is 21.1 Å². The van der Waals surface area contributed by atoms with Crippen molar-refractivity contribution in [2.75, 3.05) is 0 Å². The van der Waals surface area contributed by atoms with Gasteiger partial charge in [0.1, 0.15) is 5.76 Å². The molecule has 3 heterocycles. The molecule has 1 atom stereocenters. The Kier molecular flexibility index (Phi) is 5.96. The van der Waals surface area contributed by atoms with Crippen LogP contribution in [0.5, 0.6) is 5.06 Å². The Morgan fingerprint density at radius 2 is 2.37 bits per heavy atom. The molecule has 0 saturated heterocycles. The minimum atomic E-state index is -0.137. The Balaban J connectivity index is 1.66. The lowest BCUT2D eigenvalue weighted by Crippen LogP contribution is -2.28. The van der Waals surface area contributed by atoms with E-state index in [-0.39, 0.29) is 11.9 Å². The van der Waals surface area contributed by atoms with E-state index in [0.29, 0.717) is 34.2 Å². The van der Waals surface area contributed by atoms with Gasteiger partial charge in [-0.25, -0.2) is 0 Å². The maximum absolute atomic E-state index is 13.0. The summed E-state index contributed by atoms with van der Waals surface area (Å²) in [5, 5.41) is 6.83. The van der Waals surface area contributed by atoms with Gasteiger partial charge in [0.15, 0.2) is 5.06 Å². The van der Waals surface area contributed by atoms with Crippen molar-refractivity contribution in [3.63, 3.8) is 0 Å². The first-order chi connectivity index (χ1) is 14.6. The lowest BCUT2D eigenvalue weighted by Gasteiger charge is -2.21. The minimum Gasteiger partial charge on any atom is -0.448 e. The Bertz CT molecular complexity index is 1070. The van der Waals surface area contributed by atoms with Gasteiger partial charge in [0.2, 0.25) is 0 Å². The van der Waals surface area contributed by atoms with E-state index in [1.165, 1.54) is 11.3 Å². The fraction of sp³-hybridized carbons (Fsp3) is 0.227. The number of carbonyl (C=O) groups is 1. The number of nitrogens with two attached hydrogens (primary N) is 1. The first-order valence-corrected chi connectivity index (χ1v) is 10.9. The van der Waals surface area contributed by atoms with Crippen LogP contribution in [0.1, 0.15) is 39.7 Å². The second-order valence-corrected chi connectivity index (χ2v) is 8.45. The van der Waals surface area contributed by atoms with E-state index < -0.39 is 0 Å². The summed E-state index contributed by atoms with van der Waals surface area (Å²) in [6, 6.07) is 3.80. The van der Waals surface area contributed by atoms with Crippen molar-refractivity contribution in [2.24, 2.45) is 5.73 Å². The van der Waals surface area contributed by atoms with Crippen LogP contribution >= 0.6 is 23.6 Å². The minimum absolute atomic E-state index is 0.0253. The number of hydrogen-bond acceptors (Lipinski definition) is 7. The van der Waals surface area contributed by atoms with Gasteiger partial charge in [0, 0.05) is 18.9 Å². The molecule has 154 valence electrons. The average Bonchev–Trinajstić information content (AvgIpc) is 3.14. The van der Waals surface area contributed by atoms with E-state index >= 15 is 0 Å². The molecule has 1 unspecified atom stereocenters. The molecule has 1 aliphatic carbocycles. The van der Waals surface area contributed by atoms with Gasteiger partial charge in [-0.2, -0.15) is 0 Å². The van der Waals surface area contributed by atoms with Gasteiger partial charge >= 0.3 is 0 Å². The van der Waals surface area contributed by atoms with E-state index in [2.05, 4.69) is 15.6 Å². The van der Waals surface area contributed by atoms with Crippen LogP contribution in [-0.4, -0.2) is 21.8 Å². The number of aromatic nitrogens is 1. The van der Waals surface area contributed by atoms with Gasteiger partial charge in [-0.3, -0.25) is 9.78 Å². The number of hydrogen-bond donors (Lipinski definition) is 3. The van der Waals surface area contributed by atoms with E-state index in [1.54, 1.807) is 18.6 Å². The Morgan fingerprint density at radius 3 is 3.10 bits per heavy atom. The molecule has 0 saturated carbocycles. The first-order valence-electron chi connectivity index (χ1n) is 9.67. The number of rotatable bonds is 5. The Morgan fingerprint density at radius 1 is 1.50 bits per heavy atom. The van der Waals surface area contributed by atoms with Crippen LogP contribution in [0.15, 0.2) is 60.4 Å². The zero-order valence-electron chi connectivity index (χ0n) is 16.5. The van der Waals surface area contributed by atoms with Gasteiger partial charge in [-0.15, -0.1) is 0 Å². The third-order valence-electron chi connectivity index (χ3n) is 5.06. The number of dihydropyridines is 1. The summed E-state index contributed by atoms with van der Waals surface area (Å²) >= 11 is 7.03. The molecule has 2 aromatic rings. The molecule has 2 aromatic heterocycles. The summed E-state index contributed by atoms with van der Waals surface area (Å²) in [6.07, 6.45) is 12.1. The smallest absolute Gasteiger partial charge is 0.262 e. The number of allylic oxidation sites excluding steroid dienone is 3. The van der Waals surface area contributed by atoms with Crippen LogP contribution in [0.3, 0.4) is 0 Å². The number of pyridine rings is 1. The summed E-state index contributed by atoms with van der Waals surface area (Å²) in [4.78, 5) is 18.4. The number of thiophene rings is 1. The third-order valence-corrected chi connectivity index (χ3v) is 6.64. The standard InChI is InChI=1S/C22H22N4O2S2/c1-13-17(5-3-9-25-13)28-22-18-16(7-6-15(10-23)19(18)29)20(30-22)21(27)26-12-14-4-2-8-24-11-14/h2-5,8-11,13,25H,6-7,12,23H2,1H3,(H,26,27). The normalized spacial score (nSPS) is 19.1. The van der Waals surface area contributed by atoms with E-state index in [9.17, 15) is 4.79 Å². The molecular formula is C22H22N4O2S2. The summed E-state index contributed by atoms with van der Waals surface area (Å²) < 4.78 is 6.24. The van der Waals surface area contributed by atoms with Crippen LogP contribution in [0.4, 0.5) is 0 Å². The molecule has 4 rings (SSSR count). The summed E-state index contributed by atoms with van der Waals surface area (Å²) in [6.45, 7) is 2.42. The van der Waals surface area contributed by atoms with Gasteiger partial charge in [0.05, 0.1) is 21.3 Å². The maximum Gasteiger partial charge on any atom is 0.262 e. The van der Waals surface area contributed by atoms with Crippen LogP contribution in [0, 0.1) is 0 Å². The molecule has 0 spiro atoms. The van der Waals surface area contributed by atoms with Crippen molar-refractivity contribution in [2.45, 2.75) is 32.4 Å². The highest BCUT2D eigenvalue weighted by Crippen LogP contribution is 2.42. The van der Waals surface area contributed by atoms with E-state index in [1.807, 2.05) is 37.4 Å². The quantitative estimate of drug-likeness (QED) is 0.490. The number of nitrogens with one attached hydrogen (secondary N) is 2. The molecule has 1 aliphatic heterocycles. The predicted octanol–water partition coefficient (Wildman–Crippen LogP) is 3.35. The molecule has 0 fully saturated rings. The topological polar surface area (TPSA) is 89.3 Å². The number of thiocarbonyl (C=S) groups is 1. The van der Waals surface area contributed by atoms with E-state index in [0.717, 1.165) is 28.0 Å². The zero-order valence-corrected chi connectivity index (χ0v) is 18.1. The molecule has 1 amide bonds. The van der Waals surface area contributed by atoms with Crippen molar-refractivity contribution in [3.05, 3.63) is 82.0 Å². The fourth-order valence-corrected chi connectivity index (χ4v) is 5.02. The summed E-state index contributed by atoms with van der Waals surface area (Å²) in [5.41, 5.74) is 9.38. The van der Waals surface area contributed by atoms with Gasteiger partial charge in [0.25, 0.3) is 5.91 Å². The SMILES string of the molecule is CC1NC=CC=C1Oc1sc(C(=O)NCc2cccnc2)c2c1C(=S)C(=CN)CC2. The first kappa shape index (κ1) is 20.3. The van der Waals surface area contributed by atoms with Crippen molar-refractivity contribution < 1.29 is 9.53 Å². The Labute approximate surface area is 184 Å². The average molecular weight is 439 g/mol. The molecule has 4 N–H and O–H groups in total. The predicted molar refractivity (Wildman–Crippen MR) is 122 cm³/mol. The van der Waals surface area contributed by atoms with E-state index in [4.69, 9.17) is 22.7 Å². The largest absolute Gasteiger partial charge is 0.448 e. The number of carbonyl (C=O) groups excluding carboxylic acids is 1. The monoisotopic (exact) mass is 438 g/mol. The lowest BCUT2D eigenvalue weighted by molar-refractivity contribution is 0.0954. The number of nitrogens with zero attached hydrogens (tertiary/aromatic N) is 1. The van der Waals surface area contributed by atoms with Crippen molar-refractivity contribution in [1.29, 1.82) is 0 Å². The number of amides is 1. The highest BCUT2D eigenvalue weighted by molar-refractivity contribution is 7.81. The molecule has 0 bridgehead atoms. The second-order valence-electron chi connectivity index (χ2n) is 7.06. The molecule has 2 aliphatic rings. The van der Waals surface area contributed by atoms with Crippen LogP contribution in [-0.2, 0) is 13.0 Å². The highest BCUT2D eigenvalue weighted by Gasteiger charge is 2.31. The molecule has 0 aromatic carbocycles. The van der Waals surface area contributed by atoms with Gasteiger partial charge in [-0.05, 0) is 67.1 Å². The Hall–Kier alpha value is -2.97. The molecule has 6 nitrogen and oxygen atoms in total.